The third-order valence-corrected chi connectivity index (χ3v) is 3.97. The van der Waals surface area contributed by atoms with Gasteiger partial charge >= 0.3 is 0 Å². The third kappa shape index (κ3) is 8.36. The van der Waals surface area contributed by atoms with E-state index in [1.54, 1.807) is 32.4 Å². The predicted octanol–water partition coefficient (Wildman–Crippen LogP) is 2.99. The summed E-state index contributed by atoms with van der Waals surface area (Å²) in [6.45, 7) is 3.96. The van der Waals surface area contributed by atoms with Crippen LogP contribution in [0.4, 0.5) is 0 Å². The molecule has 0 saturated carbocycles. The molecular formula is C21H30IN3O4. The number of guanidine groups is 1. The Kier molecular flexibility index (Phi) is 11.9. The monoisotopic (exact) mass is 515 g/mol. The second-order valence-electron chi connectivity index (χ2n) is 5.93. The maximum absolute atomic E-state index is 10.6. The first-order valence-corrected chi connectivity index (χ1v) is 9.28. The van der Waals surface area contributed by atoms with Crippen molar-refractivity contribution < 1.29 is 19.3 Å². The summed E-state index contributed by atoms with van der Waals surface area (Å²) >= 11 is 0. The van der Waals surface area contributed by atoms with E-state index in [9.17, 15) is 5.11 Å². The molecule has 0 saturated heterocycles. The number of nitrogens with one attached hydrogen (secondary N) is 2. The highest BCUT2D eigenvalue weighted by Gasteiger charge is 2.14. The molecule has 0 amide bonds. The molecule has 2 aromatic rings. The Morgan fingerprint density at radius 3 is 2.45 bits per heavy atom. The lowest BCUT2D eigenvalue weighted by Gasteiger charge is -2.16. The molecule has 2 rings (SSSR count). The maximum atomic E-state index is 10.6. The lowest BCUT2D eigenvalue weighted by atomic mass is 10.1. The van der Waals surface area contributed by atoms with E-state index in [0.29, 0.717) is 42.7 Å². The average molecular weight is 515 g/mol. The molecule has 1 unspecified atom stereocenters. The summed E-state index contributed by atoms with van der Waals surface area (Å²) in [6, 6.07) is 15.0. The minimum atomic E-state index is -0.818. The van der Waals surface area contributed by atoms with E-state index in [1.165, 1.54) is 0 Å². The molecule has 0 aliphatic heterocycles. The van der Waals surface area contributed by atoms with Gasteiger partial charge in [-0.25, -0.2) is 0 Å². The zero-order valence-corrected chi connectivity index (χ0v) is 19.4. The quantitative estimate of drug-likeness (QED) is 0.195. The van der Waals surface area contributed by atoms with Crippen molar-refractivity contribution in [2.45, 2.75) is 13.0 Å². The van der Waals surface area contributed by atoms with Crippen LogP contribution in [0, 0.1) is 0 Å². The Morgan fingerprint density at radius 2 is 1.79 bits per heavy atom. The molecule has 0 radical (unpaired) electrons. The van der Waals surface area contributed by atoms with Crippen LogP contribution in [0.5, 0.6) is 17.2 Å². The number of hydrogen-bond acceptors (Lipinski definition) is 5. The van der Waals surface area contributed by atoms with Gasteiger partial charge in [-0.1, -0.05) is 18.2 Å². The topological polar surface area (TPSA) is 84.3 Å². The molecule has 7 nitrogen and oxygen atoms in total. The molecule has 3 N–H and O–H groups in total. The van der Waals surface area contributed by atoms with Crippen molar-refractivity contribution in [3.63, 3.8) is 0 Å². The molecule has 0 bridgehead atoms. The Morgan fingerprint density at radius 1 is 1.03 bits per heavy atom. The van der Waals surface area contributed by atoms with Gasteiger partial charge in [0, 0.05) is 12.1 Å². The number of aliphatic hydroxyl groups is 1. The van der Waals surface area contributed by atoms with Crippen LogP contribution >= 0.6 is 24.0 Å². The number of nitrogens with zero attached hydrogens (tertiary/aromatic N) is 1. The Labute approximate surface area is 189 Å². The first-order valence-electron chi connectivity index (χ1n) is 9.28. The van der Waals surface area contributed by atoms with Crippen LogP contribution in [-0.2, 0) is 0 Å². The molecule has 0 heterocycles. The van der Waals surface area contributed by atoms with Gasteiger partial charge in [0.1, 0.15) is 30.0 Å². The third-order valence-electron chi connectivity index (χ3n) is 3.97. The average Bonchev–Trinajstić information content (AvgIpc) is 2.74. The molecule has 160 valence electrons. The zero-order chi connectivity index (χ0) is 20.2. The number of hydrogen-bond donors (Lipinski definition) is 3. The molecule has 0 aliphatic rings. The van der Waals surface area contributed by atoms with Gasteiger partial charge in [0.25, 0.3) is 0 Å². The van der Waals surface area contributed by atoms with E-state index in [4.69, 9.17) is 14.2 Å². The largest absolute Gasteiger partial charge is 0.497 e. The number of aliphatic hydroxyl groups excluding tert-OH is 1. The standard InChI is InChI=1S/C21H29N3O4.HI/c1-4-22-21(23-12-13-28-16-8-6-5-7-9-16)24-15-19(25)18-14-17(26-2)10-11-20(18)27-3;/h5-11,14,19,25H,4,12-13,15H2,1-3H3,(H2,22,23,24);1H. The summed E-state index contributed by atoms with van der Waals surface area (Å²) in [5.74, 6) is 2.69. The summed E-state index contributed by atoms with van der Waals surface area (Å²) in [6.07, 6.45) is -0.818. The smallest absolute Gasteiger partial charge is 0.191 e. The fourth-order valence-corrected chi connectivity index (χ4v) is 2.57. The summed E-state index contributed by atoms with van der Waals surface area (Å²) in [7, 11) is 3.15. The van der Waals surface area contributed by atoms with E-state index >= 15 is 0 Å². The number of halogens is 1. The Hall–Kier alpha value is -2.20. The van der Waals surface area contributed by atoms with Crippen LogP contribution in [0.25, 0.3) is 0 Å². The lowest BCUT2D eigenvalue weighted by molar-refractivity contribution is 0.182. The van der Waals surface area contributed by atoms with Crippen molar-refractivity contribution in [1.29, 1.82) is 0 Å². The summed E-state index contributed by atoms with van der Waals surface area (Å²) in [4.78, 5) is 4.46. The number of methoxy groups -OCH3 is 2. The van der Waals surface area contributed by atoms with Gasteiger partial charge in [-0.2, -0.15) is 0 Å². The minimum Gasteiger partial charge on any atom is -0.497 e. The number of para-hydroxylation sites is 1. The minimum absolute atomic E-state index is 0. The normalized spacial score (nSPS) is 11.8. The Bertz CT molecular complexity index is 744. The van der Waals surface area contributed by atoms with Gasteiger partial charge in [-0.05, 0) is 37.3 Å². The molecule has 8 heteroatoms. The van der Waals surface area contributed by atoms with Crippen molar-refractivity contribution in [3.8, 4) is 17.2 Å². The van der Waals surface area contributed by atoms with Gasteiger partial charge in [0.05, 0.1) is 27.3 Å². The number of benzene rings is 2. The van der Waals surface area contributed by atoms with E-state index in [0.717, 1.165) is 5.75 Å². The molecule has 1 atom stereocenters. The van der Waals surface area contributed by atoms with E-state index in [2.05, 4.69) is 15.6 Å². The summed E-state index contributed by atoms with van der Waals surface area (Å²) in [5.41, 5.74) is 0.633. The molecule has 2 aromatic carbocycles. The second-order valence-corrected chi connectivity index (χ2v) is 5.93. The van der Waals surface area contributed by atoms with Crippen molar-refractivity contribution in [3.05, 3.63) is 54.1 Å². The first-order chi connectivity index (χ1) is 13.7. The highest BCUT2D eigenvalue weighted by atomic mass is 127. The van der Waals surface area contributed by atoms with Crippen LogP contribution in [0.15, 0.2) is 53.5 Å². The fourth-order valence-electron chi connectivity index (χ4n) is 2.57. The Balaban J connectivity index is 0.00000420. The number of ether oxygens (including phenoxy) is 3. The molecule has 29 heavy (non-hydrogen) atoms. The highest BCUT2D eigenvalue weighted by Crippen LogP contribution is 2.29. The van der Waals surface area contributed by atoms with Crippen LogP contribution in [0.3, 0.4) is 0 Å². The van der Waals surface area contributed by atoms with Crippen LogP contribution in [-0.4, -0.2) is 51.5 Å². The van der Waals surface area contributed by atoms with Gasteiger partial charge in [0.15, 0.2) is 5.96 Å². The molecule has 0 spiro atoms. The summed E-state index contributed by atoms with van der Waals surface area (Å²) < 4.78 is 16.2. The first kappa shape index (κ1) is 24.8. The molecule has 0 aromatic heterocycles. The lowest BCUT2D eigenvalue weighted by Crippen LogP contribution is -2.39. The number of aliphatic imine (C=N–C) groups is 1. The maximum Gasteiger partial charge on any atom is 0.191 e. The van der Waals surface area contributed by atoms with E-state index < -0.39 is 6.10 Å². The van der Waals surface area contributed by atoms with E-state index in [-0.39, 0.29) is 30.5 Å². The summed E-state index contributed by atoms with van der Waals surface area (Å²) in [5, 5.41) is 16.9. The molecular weight excluding hydrogens is 485 g/mol. The van der Waals surface area contributed by atoms with Crippen molar-refractivity contribution in [2.75, 3.05) is 40.5 Å². The van der Waals surface area contributed by atoms with Crippen LogP contribution in [0.1, 0.15) is 18.6 Å². The van der Waals surface area contributed by atoms with Crippen LogP contribution in [0.2, 0.25) is 0 Å². The fraction of sp³-hybridized carbons (Fsp3) is 0.381. The van der Waals surface area contributed by atoms with Crippen molar-refractivity contribution in [2.24, 2.45) is 4.99 Å². The van der Waals surface area contributed by atoms with Gasteiger partial charge in [0.2, 0.25) is 0 Å². The second kappa shape index (κ2) is 13.9. The predicted molar refractivity (Wildman–Crippen MR) is 126 cm³/mol. The highest BCUT2D eigenvalue weighted by molar-refractivity contribution is 14.0. The van der Waals surface area contributed by atoms with Crippen LogP contribution < -0.4 is 24.8 Å². The van der Waals surface area contributed by atoms with Gasteiger partial charge in [-0.3, -0.25) is 4.99 Å². The van der Waals surface area contributed by atoms with Crippen molar-refractivity contribution in [1.82, 2.24) is 10.6 Å². The van der Waals surface area contributed by atoms with E-state index in [1.807, 2.05) is 37.3 Å². The van der Waals surface area contributed by atoms with Crippen molar-refractivity contribution >= 4 is 29.9 Å². The SMILES string of the molecule is CCNC(=NCC(O)c1cc(OC)ccc1OC)NCCOc1ccccc1.I. The molecule has 0 fully saturated rings. The van der Waals surface area contributed by atoms with Gasteiger partial charge in [-0.15, -0.1) is 24.0 Å². The van der Waals surface area contributed by atoms with Gasteiger partial charge < -0.3 is 30.0 Å². The molecule has 0 aliphatic carbocycles. The zero-order valence-electron chi connectivity index (χ0n) is 17.1. The number of rotatable bonds is 10.